The number of aryl methyl sites for hydroxylation is 1. The Labute approximate surface area is 171 Å². The molecule has 1 aromatic heterocycles. The highest BCUT2D eigenvalue weighted by atomic mass is 16.5. The van der Waals surface area contributed by atoms with Gasteiger partial charge >= 0.3 is 0 Å². The van der Waals surface area contributed by atoms with Crippen molar-refractivity contribution in [1.29, 1.82) is 0 Å². The lowest BCUT2D eigenvalue weighted by Gasteiger charge is -2.29. The van der Waals surface area contributed by atoms with Crippen LogP contribution in [0.4, 0.5) is 17.2 Å². The number of aromatic nitrogens is 1. The number of benzene rings is 2. The zero-order valence-electron chi connectivity index (χ0n) is 16.8. The molecule has 0 unspecified atom stereocenters. The van der Waals surface area contributed by atoms with Gasteiger partial charge < -0.3 is 15.0 Å². The number of carbonyl (C=O) groups is 1. The van der Waals surface area contributed by atoms with E-state index in [1.54, 1.807) is 6.20 Å². The zero-order valence-corrected chi connectivity index (χ0v) is 16.8. The maximum Gasteiger partial charge on any atom is 0.259 e. The number of para-hydroxylation sites is 1. The molecule has 0 spiro atoms. The summed E-state index contributed by atoms with van der Waals surface area (Å²) in [4.78, 5) is 19.3. The number of hydrogen-bond acceptors (Lipinski definition) is 4. The Balaban J connectivity index is 1.45. The van der Waals surface area contributed by atoms with Gasteiger partial charge in [0.15, 0.2) is 0 Å². The van der Waals surface area contributed by atoms with Crippen LogP contribution in [0.5, 0.6) is 5.75 Å². The number of nitrogens with one attached hydrogen (secondary N) is 1. The van der Waals surface area contributed by atoms with Crippen molar-refractivity contribution in [2.75, 3.05) is 16.8 Å². The van der Waals surface area contributed by atoms with E-state index in [0.717, 1.165) is 36.5 Å². The maximum atomic E-state index is 13.0. The average Bonchev–Trinajstić information content (AvgIpc) is 2.74. The van der Waals surface area contributed by atoms with Crippen LogP contribution in [0.15, 0.2) is 66.9 Å². The lowest BCUT2D eigenvalue weighted by Crippen LogP contribution is -2.35. The minimum Gasteiger partial charge on any atom is -0.491 e. The van der Waals surface area contributed by atoms with E-state index in [-0.39, 0.29) is 12.0 Å². The number of pyridine rings is 1. The molecule has 1 amide bonds. The molecule has 3 aromatic rings. The molecule has 5 nitrogen and oxygen atoms in total. The fraction of sp³-hybridized carbons (Fsp3) is 0.250. The first-order chi connectivity index (χ1) is 14.1. The van der Waals surface area contributed by atoms with Gasteiger partial charge in [-0.2, -0.15) is 0 Å². The van der Waals surface area contributed by atoms with Gasteiger partial charge in [0.2, 0.25) is 0 Å². The van der Waals surface area contributed by atoms with Gasteiger partial charge in [0.1, 0.15) is 11.6 Å². The highest BCUT2D eigenvalue weighted by Gasteiger charge is 2.23. The molecule has 0 aliphatic carbocycles. The molecule has 0 saturated heterocycles. The van der Waals surface area contributed by atoms with Crippen molar-refractivity contribution in [2.24, 2.45) is 0 Å². The number of fused-ring (bicyclic) bond motifs is 1. The van der Waals surface area contributed by atoms with Gasteiger partial charge in [-0.15, -0.1) is 0 Å². The Morgan fingerprint density at radius 3 is 2.59 bits per heavy atom. The second kappa shape index (κ2) is 8.35. The summed E-state index contributed by atoms with van der Waals surface area (Å²) in [6.45, 7) is 4.74. The minimum absolute atomic E-state index is 0.00797. The van der Waals surface area contributed by atoms with Crippen LogP contribution >= 0.6 is 0 Å². The van der Waals surface area contributed by atoms with E-state index in [0.29, 0.717) is 11.4 Å². The van der Waals surface area contributed by atoms with Gasteiger partial charge in [0.25, 0.3) is 5.91 Å². The first-order valence-corrected chi connectivity index (χ1v) is 10.00. The van der Waals surface area contributed by atoms with Gasteiger partial charge in [-0.05, 0) is 74.7 Å². The molecule has 1 aliphatic heterocycles. The van der Waals surface area contributed by atoms with E-state index in [9.17, 15) is 4.79 Å². The van der Waals surface area contributed by atoms with Crippen LogP contribution in [0, 0.1) is 0 Å². The quantitative estimate of drug-likeness (QED) is 0.653. The summed E-state index contributed by atoms with van der Waals surface area (Å²) in [6, 6.07) is 19.5. The minimum atomic E-state index is -0.00797. The third kappa shape index (κ3) is 4.40. The molecule has 0 atom stereocenters. The smallest absolute Gasteiger partial charge is 0.259 e. The molecule has 5 heteroatoms. The molecule has 0 fully saturated rings. The molecule has 1 N–H and O–H groups in total. The summed E-state index contributed by atoms with van der Waals surface area (Å²) in [6.07, 6.45) is 3.78. The van der Waals surface area contributed by atoms with Crippen molar-refractivity contribution < 1.29 is 9.53 Å². The monoisotopic (exact) mass is 387 g/mol. The Morgan fingerprint density at radius 1 is 1.07 bits per heavy atom. The second-order valence-electron chi connectivity index (χ2n) is 7.44. The SMILES string of the molecule is CC(C)Oc1ccc(Nc2ccc(C(=O)N3CCCc4ccccc43)cn2)cc1. The topological polar surface area (TPSA) is 54.5 Å². The summed E-state index contributed by atoms with van der Waals surface area (Å²) >= 11 is 0. The summed E-state index contributed by atoms with van der Waals surface area (Å²) in [5.41, 5.74) is 3.74. The van der Waals surface area contributed by atoms with Gasteiger partial charge in [0, 0.05) is 24.1 Å². The van der Waals surface area contributed by atoms with Crippen molar-refractivity contribution in [3.63, 3.8) is 0 Å². The van der Waals surface area contributed by atoms with Crippen molar-refractivity contribution in [2.45, 2.75) is 32.8 Å². The first-order valence-electron chi connectivity index (χ1n) is 10.00. The van der Waals surface area contributed by atoms with E-state index in [2.05, 4.69) is 16.4 Å². The molecule has 1 aliphatic rings. The molecule has 148 valence electrons. The van der Waals surface area contributed by atoms with Crippen LogP contribution in [0.3, 0.4) is 0 Å². The number of nitrogens with zero attached hydrogens (tertiary/aromatic N) is 2. The molecule has 2 heterocycles. The third-order valence-electron chi connectivity index (χ3n) is 4.86. The lowest BCUT2D eigenvalue weighted by atomic mass is 10.0. The zero-order chi connectivity index (χ0) is 20.2. The van der Waals surface area contributed by atoms with E-state index >= 15 is 0 Å². The first kappa shape index (κ1) is 19.0. The predicted molar refractivity (Wildman–Crippen MR) is 116 cm³/mol. The number of rotatable bonds is 5. The second-order valence-corrected chi connectivity index (χ2v) is 7.44. The fourth-order valence-electron chi connectivity index (χ4n) is 3.53. The highest BCUT2D eigenvalue weighted by Crippen LogP contribution is 2.28. The Hall–Kier alpha value is -3.34. The number of hydrogen-bond donors (Lipinski definition) is 1. The molecular formula is C24H25N3O2. The van der Waals surface area contributed by atoms with E-state index in [1.807, 2.05) is 73.3 Å². The normalized spacial score (nSPS) is 13.1. The molecule has 2 aromatic carbocycles. The Morgan fingerprint density at radius 2 is 1.86 bits per heavy atom. The van der Waals surface area contributed by atoms with Crippen molar-refractivity contribution in [3.8, 4) is 5.75 Å². The van der Waals surface area contributed by atoms with Crippen LogP contribution in [-0.2, 0) is 6.42 Å². The number of carbonyl (C=O) groups excluding carboxylic acids is 1. The summed E-state index contributed by atoms with van der Waals surface area (Å²) < 4.78 is 5.66. The Kier molecular flexibility index (Phi) is 5.47. The van der Waals surface area contributed by atoms with Crippen LogP contribution in [0.25, 0.3) is 0 Å². The van der Waals surface area contributed by atoms with Gasteiger partial charge in [0.05, 0.1) is 11.7 Å². The molecule has 0 radical (unpaired) electrons. The molecule has 0 bridgehead atoms. The van der Waals surface area contributed by atoms with Crippen molar-refractivity contribution in [1.82, 2.24) is 4.98 Å². The number of anilines is 3. The predicted octanol–water partition coefficient (Wildman–Crippen LogP) is 5.21. The van der Waals surface area contributed by atoms with E-state index in [4.69, 9.17) is 4.74 Å². The number of amides is 1. The van der Waals surface area contributed by atoms with Gasteiger partial charge in [-0.25, -0.2) is 4.98 Å². The van der Waals surface area contributed by atoms with E-state index < -0.39 is 0 Å². The standard InChI is InChI=1S/C24H25N3O2/c1-17(2)29-21-12-10-20(11-13-21)26-23-14-9-19(16-25-23)24(28)27-15-5-7-18-6-3-4-8-22(18)27/h3-4,6,8-14,16-17H,5,7,15H2,1-2H3,(H,25,26). The molecule has 29 heavy (non-hydrogen) atoms. The Bertz CT molecular complexity index is 982. The van der Waals surface area contributed by atoms with Gasteiger partial charge in [-0.3, -0.25) is 4.79 Å². The lowest BCUT2D eigenvalue weighted by molar-refractivity contribution is 0.0985. The maximum absolute atomic E-state index is 13.0. The molecule has 4 rings (SSSR count). The van der Waals surface area contributed by atoms with Gasteiger partial charge in [-0.1, -0.05) is 18.2 Å². The van der Waals surface area contributed by atoms with Crippen LogP contribution < -0.4 is 15.0 Å². The highest BCUT2D eigenvalue weighted by molar-refractivity contribution is 6.06. The third-order valence-corrected chi connectivity index (χ3v) is 4.86. The molecule has 0 saturated carbocycles. The fourth-order valence-corrected chi connectivity index (χ4v) is 3.53. The number of ether oxygens (including phenoxy) is 1. The average molecular weight is 387 g/mol. The summed E-state index contributed by atoms with van der Waals surface area (Å²) in [5, 5.41) is 3.25. The van der Waals surface area contributed by atoms with Crippen LogP contribution in [0.2, 0.25) is 0 Å². The molecular weight excluding hydrogens is 362 g/mol. The summed E-state index contributed by atoms with van der Waals surface area (Å²) in [5.74, 6) is 1.52. The van der Waals surface area contributed by atoms with Crippen LogP contribution in [-0.4, -0.2) is 23.5 Å². The summed E-state index contributed by atoms with van der Waals surface area (Å²) in [7, 11) is 0. The van der Waals surface area contributed by atoms with Crippen molar-refractivity contribution in [3.05, 3.63) is 78.0 Å². The van der Waals surface area contributed by atoms with Crippen LogP contribution in [0.1, 0.15) is 36.2 Å². The largest absolute Gasteiger partial charge is 0.491 e. The van der Waals surface area contributed by atoms with Crippen molar-refractivity contribution >= 4 is 23.1 Å². The van der Waals surface area contributed by atoms with E-state index in [1.165, 1.54) is 5.56 Å².